The van der Waals surface area contributed by atoms with Gasteiger partial charge >= 0.3 is 0 Å². The third-order valence-electron chi connectivity index (χ3n) is 5.07. The molecule has 0 radical (unpaired) electrons. The van der Waals surface area contributed by atoms with Gasteiger partial charge in [0.25, 0.3) is 0 Å². The molecule has 0 unspecified atom stereocenters. The van der Waals surface area contributed by atoms with Crippen molar-refractivity contribution in [3.63, 3.8) is 0 Å². The van der Waals surface area contributed by atoms with Gasteiger partial charge in [0, 0.05) is 13.1 Å². The number of imidazole rings is 1. The molecule has 0 atom stereocenters. The first-order valence-electron chi connectivity index (χ1n) is 9.21. The highest BCUT2D eigenvalue weighted by molar-refractivity contribution is 5.77. The molecule has 4 heteroatoms. The Morgan fingerprint density at radius 2 is 1.52 bits per heavy atom. The minimum atomic E-state index is -1.35. The van der Waals surface area contributed by atoms with Crippen molar-refractivity contribution in [2.45, 2.75) is 25.6 Å². The molecule has 3 N–H and O–H groups in total. The number of nitrogens with zero attached hydrogens (tertiary/aromatic N) is 2. The fourth-order valence-electron chi connectivity index (χ4n) is 3.68. The number of hydrogen-bond acceptors (Lipinski definition) is 3. The fraction of sp³-hybridized carbons (Fsp3) is 0.174. The molecule has 4 rings (SSSR count). The minimum Gasteiger partial charge on any atom is -0.373 e. The molecule has 0 fully saturated rings. The predicted molar refractivity (Wildman–Crippen MR) is 108 cm³/mol. The summed E-state index contributed by atoms with van der Waals surface area (Å²) < 4.78 is 2.08. The van der Waals surface area contributed by atoms with Crippen molar-refractivity contribution in [3.05, 3.63) is 101 Å². The van der Waals surface area contributed by atoms with Gasteiger partial charge in [-0.2, -0.15) is 0 Å². The first-order valence-corrected chi connectivity index (χ1v) is 9.21. The highest BCUT2D eigenvalue weighted by Crippen LogP contribution is 2.37. The second-order valence-electron chi connectivity index (χ2n) is 6.65. The van der Waals surface area contributed by atoms with Gasteiger partial charge in [-0.05, 0) is 35.7 Å². The molecule has 0 bridgehead atoms. The van der Waals surface area contributed by atoms with E-state index in [-0.39, 0.29) is 0 Å². The lowest BCUT2D eigenvalue weighted by Crippen LogP contribution is -2.32. The molecule has 4 nitrogen and oxygen atoms in total. The van der Waals surface area contributed by atoms with Crippen molar-refractivity contribution in [1.29, 1.82) is 0 Å². The molecule has 1 aromatic heterocycles. The molecule has 0 aliphatic heterocycles. The first kappa shape index (κ1) is 17.5. The van der Waals surface area contributed by atoms with E-state index in [1.54, 1.807) is 0 Å². The molecule has 0 amide bonds. The van der Waals surface area contributed by atoms with E-state index in [0.717, 1.165) is 27.7 Å². The van der Waals surface area contributed by atoms with Crippen LogP contribution in [0, 0.1) is 0 Å². The molecular weight excluding hydrogens is 334 g/mol. The number of aliphatic hydroxyl groups is 1. The van der Waals surface area contributed by atoms with Crippen LogP contribution in [0.3, 0.4) is 0 Å². The van der Waals surface area contributed by atoms with E-state index in [1.807, 2.05) is 72.8 Å². The summed E-state index contributed by atoms with van der Waals surface area (Å²) in [4.78, 5) is 4.86. The molecule has 0 aliphatic rings. The molecule has 0 saturated carbocycles. The summed E-state index contributed by atoms with van der Waals surface area (Å²) in [5.74, 6) is 0.617. The van der Waals surface area contributed by atoms with Gasteiger partial charge in [0.1, 0.15) is 0 Å². The molecule has 136 valence electrons. The van der Waals surface area contributed by atoms with Crippen molar-refractivity contribution in [2.75, 3.05) is 0 Å². The Balaban J connectivity index is 2.04. The Hall–Kier alpha value is -2.95. The van der Waals surface area contributed by atoms with Crippen LogP contribution in [-0.4, -0.2) is 14.7 Å². The van der Waals surface area contributed by atoms with E-state index in [0.29, 0.717) is 18.9 Å². The van der Waals surface area contributed by atoms with Crippen molar-refractivity contribution in [2.24, 2.45) is 5.73 Å². The molecule has 3 aromatic carbocycles. The summed E-state index contributed by atoms with van der Waals surface area (Å²) >= 11 is 0. The number of hydrogen-bond donors (Lipinski definition) is 2. The smallest absolute Gasteiger partial charge is 0.173 e. The summed E-state index contributed by atoms with van der Waals surface area (Å²) in [6, 6.07) is 25.5. The SMILES string of the molecule is CCn1c(C(O)(c2ccccc2)c2ccccc2)nc2ccc(CN)cc21. The minimum absolute atomic E-state index is 0.474. The quantitative estimate of drug-likeness (QED) is 0.571. The maximum absolute atomic E-state index is 12.1. The monoisotopic (exact) mass is 357 g/mol. The van der Waals surface area contributed by atoms with Crippen LogP contribution < -0.4 is 5.73 Å². The number of rotatable bonds is 5. The van der Waals surface area contributed by atoms with E-state index >= 15 is 0 Å². The molecular formula is C23H23N3O. The second-order valence-corrected chi connectivity index (χ2v) is 6.65. The third-order valence-corrected chi connectivity index (χ3v) is 5.07. The molecule has 0 aliphatic carbocycles. The van der Waals surface area contributed by atoms with Crippen molar-refractivity contribution in [1.82, 2.24) is 9.55 Å². The lowest BCUT2D eigenvalue weighted by atomic mass is 9.85. The van der Waals surface area contributed by atoms with E-state index in [9.17, 15) is 5.11 Å². The summed E-state index contributed by atoms with van der Waals surface area (Å²) in [6.07, 6.45) is 0. The topological polar surface area (TPSA) is 64.1 Å². The van der Waals surface area contributed by atoms with E-state index in [4.69, 9.17) is 10.7 Å². The average molecular weight is 357 g/mol. The van der Waals surface area contributed by atoms with Crippen LogP contribution in [0.15, 0.2) is 78.9 Å². The fourth-order valence-corrected chi connectivity index (χ4v) is 3.68. The zero-order valence-electron chi connectivity index (χ0n) is 15.3. The van der Waals surface area contributed by atoms with Crippen LogP contribution in [0.5, 0.6) is 0 Å². The Morgan fingerprint density at radius 1 is 0.926 bits per heavy atom. The zero-order chi connectivity index (χ0) is 18.9. The first-order chi connectivity index (χ1) is 13.2. The maximum Gasteiger partial charge on any atom is 0.173 e. The van der Waals surface area contributed by atoms with E-state index in [1.165, 1.54) is 0 Å². The molecule has 0 spiro atoms. The normalized spacial score (nSPS) is 11.8. The van der Waals surface area contributed by atoms with Crippen molar-refractivity contribution in [3.8, 4) is 0 Å². The maximum atomic E-state index is 12.1. The van der Waals surface area contributed by atoms with Crippen LogP contribution in [0.25, 0.3) is 11.0 Å². The van der Waals surface area contributed by atoms with Crippen LogP contribution in [0.1, 0.15) is 29.4 Å². The number of nitrogens with two attached hydrogens (primary N) is 1. The summed E-state index contributed by atoms with van der Waals surface area (Å²) in [5, 5.41) is 12.1. The van der Waals surface area contributed by atoms with Gasteiger partial charge in [0.15, 0.2) is 11.4 Å². The molecule has 27 heavy (non-hydrogen) atoms. The van der Waals surface area contributed by atoms with Gasteiger partial charge in [0.05, 0.1) is 11.0 Å². The third kappa shape index (κ3) is 2.83. The molecule has 0 saturated heterocycles. The summed E-state index contributed by atoms with van der Waals surface area (Å²) in [6.45, 7) is 3.24. The Bertz CT molecular complexity index is 1020. The van der Waals surface area contributed by atoms with Crippen LogP contribution in [-0.2, 0) is 18.7 Å². The summed E-state index contributed by atoms with van der Waals surface area (Å²) in [5.41, 5.74) is 8.96. The van der Waals surface area contributed by atoms with Gasteiger partial charge in [-0.25, -0.2) is 4.98 Å². The Kier molecular flexibility index (Phi) is 4.52. The standard InChI is InChI=1S/C23H23N3O/c1-2-26-21-15-17(16-24)13-14-20(21)25-22(26)23(27,18-9-5-3-6-10-18)19-11-7-4-8-12-19/h3-15,27H,2,16,24H2,1H3. The van der Waals surface area contributed by atoms with Crippen molar-refractivity contribution < 1.29 is 5.11 Å². The van der Waals surface area contributed by atoms with Crippen LogP contribution in [0.4, 0.5) is 0 Å². The van der Waals surface area contributed by atoms with E-state index in [2.05, 4.69) is 17.6 Å². The highest BCUT2D eigenvalue weighted by Gasteiger charge is 2.38. The average Bonchev–Trinajstić information content (AvgIpc) is 3.12. The van der Waals surface area contributed by atoms with E-state index < -0.39 is 5.60 Å². The van der Waals surface area contributed by atoms with Crippen LogP contribution >= 0.6 is 0 Å². The predicted octanol–water partition coefficient (Wildman–Crippen LogP) is 3.80. The summed E-state index contributed by atoms with van der Waals surface area (Å²) in [7, 11) is 0. The van der Waals surface area contributed by atoms with Crippen LogP contribution in [0.2, 0.25) is 0 Å². The number of benzene rings is 3. The van der Waals surface area contributed by atoms with Gasteiger partial charge < -0.3 is 15.4 Å². The highest BCUT2D eigenvalue weighted by atomic mass is 16.3. The van der Waals surface area contributed by atoms with Gasteiger partial charge in [-0.3, -0.25) is 0 Å². The van der Waals surface area contributed by atoms with Gasteiger partial charge in [-0.1, -0.05) is 66.7 Å². The Morgan fingerprint density at radius 3 is 2.04 bits per heavy atom. The Labute approximate surface area is 158 Å². The van der Waals surface area contributed by atoms with Gasteiger partial charge in [0.2, 0.25) is 0 Å². The lowest BCUT2D eigenvalue weighted by molar-refractivity contribution is 0.112. The molecule has 4 aromatic rings. The molecule has 1 heterocycles. The second kappa shape index (κ2) is 6.99. The number of aromatic nitrogens is 2. The van der Waals surface area contributed by atoms with Crippen molar-refractivity contribution >= 4 is 11.0 Å². The number of aryl methyl sites for hydroxylation is 1. The zero-order valence-corrected chi connectivity index (χ0v) is 15.3. The largest absolute Gasteiger partial charge is 0.373 e. The number of fused-ring (bicyclic) bond motifs is 1. The lowest BCUT2D eigenvalue weighted by Gasteiger charge is -2.29. The van der Waals surface area contributed by atoms with Gasteiger partial charge in [-0.15, -0.1) is 0 Å².